The fourth-order valence-corrected chi connectivity index (χ4v) is 14.9. The molecule has 0 aromatic rings. The smallest absolute Gasteiger partial charge is 0.338 e. The molecule has 4 heterocycles. The molecule has 0 amide bonds. The third-order valence-electron chi connectivity index (χ3n) is 19.1. The Bertz CT molecular complexity index is 1910. The lowest BCUT2D eigenvalue weighted by molar-refractivity contribution is -0.377. The average molecular weight is 987 g/mol. The SMILES string of the molecule is CC(=O)O[C@H]1C[C@H](O[C@@H]2O[C@H](CO[C@@H]3O[C@H](CO)[C@@H](O)[C@H](O)[C@H]3O)[C@@H](O)[C@H](O)[C@H]2O[C@@H]2O[C@H](CO)[C@@H](O)[C@H](O)[C@H]2O)CC2=CC[C@H]3[C@@H]4CC[C@H]([C@@H]5C[C@]6(C)CC5OC(=O)[C@@]6(C)O)[C@@]4(C)CC[C@@H]3[C@]21C. The molecule has 11 N–H and O–H groups in total. The number of ether oxygens (including phenoxy) is 8. The van der Waals surface area contributed by atoms with Gasteiger partial charge in [0.2, 0.25) is 0 Å². The van der Waals surface area contributed by atoms with Gasteiger partial charge in [-0.1, -0.05) is 32.4 Å². The highest BCUT2D eigenvalue weighted by molar-refractivity contribution is 5.81. The Morgan fingerprint density at radius 2 is 1.30 bits per heavy atom. The van der Waals surface area contributed by atoms with Gasteiger partial charge >= 0.3 is 11.9 Å². The van der Waals surface area contributed by atoms with Crippen LogP contribution in [0.2, 0.25) is 0 Å². The standard InChI is InChI=1S/C48H74O21/c1-19(51)63-31-13-21(12-20-6-7-22-24-8-9-25(46(24,3)11-10-26(22)47(20,31)4)23-14-45(2)15-27(23)68-44(60)48(45,5)61)64-43-40(69-42-39(59)36(56)33(53)29(17-50)66-42)37(57)34(54)30(67-43)18-62-41-38(58)35(55)32(52)28(16-49)65-41/h6,21-43,49-50,52-59,61H,7-18H2,1-5H3/t21-,22+,23+,24+,25-,26+,27?,28-,29-,30-,31+,32-,33-,34-,35+,36+,37+,38-,39-,40-,41-,42+,43-,45-,46+,47+,48-/m1/s1. The van der Waals surface area contributed by atoms with E-state index in [0.717, 1.165) is 44.1 Å². The number of carbonyl (C=O) groups is 2. The van der Waals surface area contributed by atoms with Crippen molar-refractivity contribution < 1.29 is 104 Å². The summed E-state index contributed by atoms with van der Waals surface area (Å²) in [5.74, 6) is 0.156. The lowest BCUT2D eigenvalue weighted by Crippen LogP contribution is -2.65. The van der Waals surface area contributed by atoms with Gasteiger partial charge in [0, 0.05) is 24.2 Å². The van der Waals surface area contributed by atoms with E-state index in [1.54, 1.807) is 6.92 Å². The van der Waals surface area contributed by atoms with Crippen molar-refractivity contribution in [3.63, 3.8) is 0 Å². The molecule has 0 aromatic heterocycles. The van der Waals surface area contributed by atoms with Gasteiger partial charge < -0.3 is 94.1 Å². The average Bonchev–Trinajstić information content (AvgIpc) is 3.82. The predicted octanol–water partition coefficient (Wildman–Crippen LogP) is -1.97. The summed E-state index contributed by atoms with van der Waals surface area (Å²) in [5, 5.41) is 117. The molecule has 0 aromatic carbocycles. The van der Waals surface area contributed by atoms with Crippen LogP contribution in [0, 0.1) is 45.8 Å². The van der Waals surface area contributed by atoms with Crippen LogP contribution in [0.25, 0.3) is 0 Å². The predicted molar refractivity (Wildman–Crippen MR) is 231 cm³/mol. The van der Waals surface area contributed by atoms with Crippen LogP contribution in [0.1, 0.15) is 92.4 Å². The maximum atomic E-state index is 13.0. The van der Waals surface area contributed by atoms with E-state index in [1.807, 2.05) is 6.92 Å². The van der Waals surface area contributed by atoms with Gasteiger partial charge in [0.1, 0.15) is 85.5 Å². The fraction of sp³-hybridized carbons (Fsp3) is 0.917. The van der Waals surface area contributed by atoms with Crippen molar-refractivity contribution in [3.8, 4) is 0 Å². The molecule has 4 saturated heterocycles. The Balaban J connectivity index is 0.960. The van der Waals surface area contributed by atoms with E-state index >= 15 is 0 Å². The topological polar surface area (TPSA) is 331 Å². The van der Waals surface area contributed by atoms with Gasteiger partial charge in [-0.15, -0.1) is 0 Å². The number of aliphatic hydroxyl groups is 11. The normalized spacial score (nSPS) is 55.0. The van der Waals surface area contributed by atoms with Gasteiger partial charge in [0.25, 0.3) is 0 Å². The Kier molecular flexibility index (Phi) is 14.3. The molecule has 0 spiro atoms. The molecule has 8 fully saturated rings. The molecule has 1 unspecified atom stereocenters. The van der Waals surface area contributed by atoms with Crippen molar-refractivity contribution in [1.82, 2.24) is 0 Å². The summed E-state index contributed by atoms with van der Waals surface area (Å²) < 4.78 is 47.9. The molecule has 392 valence electrons. The summed E-state index contributed by atoms with van der Waals surface area (Å²) in [6, 6.07) is 0. The highest BCUT2D eigenvalue weighted by Crippen LogP contribution is 2.70. The maximum Gasteiger partial charge on any atom is 0.338 e. The summed E-state index contributed by atoms with van der Waals surface area (Å²) in [6.07, 6.45) is -18.2. The van der Waals surface area contributed by atoms with Crippen LogP contribution in [-0.2, 0) is 47.5 Å². The summed E-state index contributed by atoms with van der Waals surface area (Å²) >= 11 is 0. The zero-order valence-electron chi connectivity index (χ0n) is 39.8. The minimum atomic E-state index is -1.90. The molecule has 0 radical (unpaired) electrons. The number of allylic oxidation sites excluding steroid dienone is 1. The molecule has 4 saturated carbocycles. The second-order valence-electron chi connectivity index (χ2n) is 22.7. The number of esters is 2. The van der Waals surface area contributed by atoms with E-state index in [9.17, 15) is 65.8 Å². The first-order valence-corrected chi connectivity index (χ1v) is 24.8. The lowest BCUT2D eigenvalue weighted by atomic mass is 9.46. The number of aliphatic hydroxyl groups excluding tert-OH is 10. The molecule has 9 aliphatic rings. The van der Waals surface area contributed by atoms with Crippen molar-refractivity contribution in [2.24, 2.45) is 45.8 Å². The Hall–Kier alpha value is -2.00. The van der Waals surface area contributed by atoms with Crippen molar-refractivity contribution in [2.45, 2.75) is 208 Å². The first-order chi connectivity index (χ1) is 32.5. The van der Waals surface area contributed by atoms with Crippen molar-refractivity contribution in [1.29, 1.82) is 0 Å². The van der Waals surface area contributed by atoms with Crippen LogP contribution >= 0.6 is 0 Å². The number of fused-ring (bicyclic) bond motifs is 7. The zero-order valence-corrected chi connectivity index (χ0v) is 39.8. The fourth-order valence-electron chi connectivity index (χ4n) is 14.9. The van der Waals surface area contributed by atoms with Crippen LogP contribution < -0.4 is 0 Å². The van der Waals surface area contributed by atoms with E-state index in [2.05, 4.69) is 19.9 Å². The lowest BCUT2D eigenvalue weighted by Gasteiger charge is -2.60. The largest absolute Gasteiger partial charge is 0.462 e. The summed E-state index contributed by atoms with van der Waals surface area (Å²) in [6.45, 7) is 7.40. The zero-order chi connectivity index (χ0) is 49.9. The van der Waals surface area contributed by atoms with Crippen LogP contribution in [0.5, 0.6) is 0 Å². The van der Waals surface area contributed by atoms with E-state index in [-0.39, 0.29) is 35.7 Å². The van der Waals surface area contributed by atoms with Crippen LogP contribution in [0.3, 0.4) is 0 Å². The second kappa shape index (κ2) is 19.0. The molecule has 27 atom stereocenters. The van der Waals surface area contributed by atoms with Crippen LogP contribution in [0.15, 0.2) is 11.6 Å². The minimum Gasteiger partial charge on any atom is -0.462 e. The van der Waals surface area contributed by atoms with Gasteiger partial charge in [-0.2, -0.15) is 0 Å². The van der Waals surface area contributed by atoms with E-state index in [1.165, 1.54) is 6.92 Å². The van der Waals surface area contributed by atoms with Gasteiger partial charge in [0.05, 0.1) is 25.9 Å². The highest BCUT2D eigenvalue weighted by atomic mass is 16.8. The number of hydrogen-bond donors (Lipinski definition) is 11. The molecule has 5 aliphatic carbocycles. The van der Waals surface area contributed by atoms with Crippen LogP contribution in [0.4, 0.5) is 0 Å². The Morgan fingerprint density at radius 3 is 1.94 bits per heavy atom. The Labute approximate surface area is 400 Å². The molecular formula is C48H74O21. The van der Waals surface area contributed by atoms with Gasteiger partial charge in [0.15, 0.2) is 24.5 Å². The minimum absolute atomic E-state index is 0.0420. The molecule has 21 nitrogen and oxygen atoms in total. The van der Waals surface area contributed by atoms with Crippen molar-refractivity contribution >= 4 is 11.9 Å². The molecule has 4 aliphatic heterocycles. The Morgan fingerprint density at radius 1 is 0.710 bits per heavy atom. The summed E-state index contributed by atoms with van der Waals surface area (Å²) in [4.78, 5) is 26.0. The van der Waals surface area contributed by atoms with E-state index < -0.39 is 153 Å². The van der Waals surface area contributed by atoms with E-state index in [0.29, 0.717) is 24.7 Å². The van der Waals surface area contributed by atoms with Gasteiger partial charge in [-0.05, 0) is 93.3 Å². The van der Waals surface area contributed by atoms with E-state index in [4.69, 9.17) is 37.9 Å². The molecular weight excluding hydrogens is 913 g/mol. The number of carbonyl (C=O) groups excluding carboxylic acids is 2. The van der Waals surface area contributed by atoms with Crippen molar-refractivity contribution in [3.05, 3.63) is 11.6 Å². The summed E-state index contributed by atoms with van der Waals surface area (Å²) in [7, 11) is 0. The third kappa shape index (κ3) is 8.53. The van der Waals surface area contributed by atoms with Crippen molar-refractivity contribution in [2.75, 3.05) is 19.8 Å². The van der Waals surface area contributed by atoms with Crippen LogP contribution in [-0.4, -0.2) is 204 Å². The maximum absolute atomic E-state index is 13.0. The third-order valence-corrected chi connectivity index (χ3v) is 19.1. The van der Waals surface area contributed by atoms with Gasteiger partial charge in [-0.3, -0.25) is 4.79 Å². The summed E-state index contributed by atoms with van der Waals surface area (Å²) in [5.41, 5.74) is -1.73. The quantitative estimate of drug-likeness (QED) is 0.0790. The first-order valence-electron chi connectivity index (χ1n) is 24.8. The highest BCUT2D eigenvalue weighted by Gasteiger charge is 2.68. The van der Waals surface area contributed by atoms with Gasteiger partial charge in [-0.25, -0.2) is 4.79 Å². The number of rotatable bonds is 11. The second-order valence-corrected chi connectivity index (χ2v) is 22.7. The monoisotopic (exact) mass is 986 g/mol. The molecule has 2 bridgehead atoms. The molecule has 9 rings (SSSR count). The first kappa shape index (κ1) is 51.9. The molecule has 21 heteroatoms. The molecule has 69 heavy (non-hydrogen) atoms. The number of hydrogen-bond acceptors (Lipinski definition) is 21.